The molecule has 0 heterocycles. The van der Waals surface area contributed by atoms with Crippen molar-refractivity contribution in [2.75, 3.05) is 5.32 Å². The second kappa shape index (κ2) is 6.40. The average molecular weight is 309 g/mol. The molecule has 0 saturated heterocycles. The van der Waals surface area contributed by atoms with E-state index in [1.54, 1.807) is 48.5 Å². The van der Waals surface area contributed by atoms with Crippen molar-refractivity contribution in [3.8, 4) is 0 Å². The summed E-state index contributed by atoms with van der Waals surface area (Å²) in [5, 5.41) is 2.85. The third kappa shape index (κ3) is 3.43. The van der Waals surface area contributed by atoms with E-state index >= 15 is 0 Å². The first-order valence-electron chi connectivity index (χ1n) is 7.05. The second-order valence-corrected chi connectivity index (χ2v) is 5.02. The van der Waals surface area contributed by atoms with Crippen molar-refractivity contribution in [3.05, 3.63) is 95.6 Å². The van der Waals surface area contributed by atoms with E-state index in [-0.39, 0.29) is 11.5 Å². The van der Waals surface area contributed by atoms with E-state index in [4.69, 9.17) is 0 Å². The van der Waals surface area contributed by atoms with Gasteiger partial charge in [0.25, 0.3) is 0 Å². The van der Waals surface area contributed by atoms with Crippen molar-refractivity contribution >= 4 is 17.2 Å². The molecule has 0 aromatic heterocycles. The summed E-state index contributed by atoms with van der Waals surface area (Å²) >= 11 is 0. The van der Waals surface area contributed by atoms with Gasteiger partial charge >= 0.3 is 0 Å². The van der Waals surface area contributed by atoms with Gasteiger partial charge in [-0.3, -0.25) is 4.79 Å². The largest absolute Gasteiger partial charge is 0.353 e. The number of hydrogen-bond donors (Lipinski definition) is 1. The number of hydrogen-bond acceptors (Lipinski definition) is 2. The van der Waals surface area contributed by atoms with Crippen LogP contribution in [0, 0.1) is 11.6 Å². The summed E-state index contributed by atoms with van der Waals surface area (Å²) < 4.78 is 26.5. The topological polar surface area (TPSA) is 29.1 Å². The zero-order valence-electron chi connectivity index (χ0n) is 12.1. The fourth-order valence-electron chi connectivity index (χ4n) is 2.21. The highest BCUT2D eigenvalue weighted by Gasteiger charge is 2.09. The molecule has 0 aliphatic heterocycles. The molecule has 0 amide bonds. The van der Waals surface area contributed by atoms with Gasteiger partial charge < -0.3 is 5.32 Å². The Kier molecular flexibility index (Phi) is 4.15. The first-order valence-corrected chi connectivity index (χ1v) is 7.05. The van der Waals surface area contributed by atoms with Crippen LogP contribution in [0.3, 0.4) is 0 Å². The van der Waals surface area contributed by atoms with Crippen LogP contribution in [-0.2, 0) is 0 Å². The molecule has 0 atom stereocenters. The van der Waals surface area contributed by atoms with Crippen LogP contribution in [0.2, 0.25) is 0 Å². The highest BCUT2D eigenvalue weighted by atomic mass is 19.1. The van der Waals surface area contributed by atoms with Gasteiger partial charge in [-0.2, -0.15) is 0 Å². The molecule has 0 aliphatic rings. The summed E-state index contributed by atoms with van der Waals surface area (Å²) in [5.41, 5.74) is 1.94. The number of anilines is 2. The fraction of sp³-hybridized carbons (Fsp3) is 0. The molecule has 2 nitrogen and oxygen atoms in total. The van der Waals surface area contributed by atoms with Crippen LogP contribution >= 0.6 is 0 Å². The molecule has 3 rings (SSSR count). The Hall–Kier alpha value is -3.01. The maximum atomic E-state index is 13.6. The van der Waals surface area contributed by atoms with Crippen molar-refractivity contribution in [2.24, 2.45) is 0 Å². The van der Waals surface area contributed by atoms with Gasteiger partial charge in [-0.15, -0.1) is 0 Å². The first kappa shape index (κ1) is 14.9. The summed E-state index contributed by atoms with van der Waals surface area (Å²) in [4.78, 5) is 12.3. The smallest absolute Gasteiger partial charge is 0.193 e. The lowest BCUT2D eigenvalue weighted by Crippen LogP contribution is -2.01. The predicted octanol–water partition coefficient (Wildman–Crippen LogP) is 4.94. The summed E-state index contributed by atoms with van der Waals surface area (Å²) in [6.45, 7) is 0. The molecule has 0 bridgehead atoms. The minimum atomic E-state index is -0.672. The SMILES string of the molecule is O=C(c1ccccc1)c1ccc(Nc2ccc(F)cc2F)cc1. The minimum Gasteiger partial charge on any atom is -0.353 e. The molecule has 0 unspecified atom stereocenters. The molecule has 23 heavy (non-hydrogen) atoms. The van der Waals surface area contributed by atoms with Gasteiger partial charge in [0, 0.05) is 22.9 Å². The van der Waals surface area contributed by atoms with Crippen LogP contribution in [-0.4, -0.2) is 5.78 Å². The average Bonchev–Trinajstić information content (AvgIpc) is 2.58. The Labute approximate surface area is 132 Å². The Bertz CT molecular complexity index is 830. The van der Waals surface area contributed by atoms with E-state index in [1.807, 2.05) is 6.07 Å². The van der Waals surface area contributed by atoms with E-state index in [2.05, 4.69) is 5.32 Å². The van der Waals surface area contributed by atoms with Crippen LogP contribution < -0.4 is 5.32 Å². The minimum absolute atomic E-state index is 0.0786. The Balaban J connectivity index is 1.78. The maximum Gasteiger partial charge on any atom is 0.193 e. The molecule has 0 aliphatic carbocycles. The summed E-state index contributed by atoms with van der Waals surface area (Å²) in [6.07, 6.45) is 0. The number of ketones is 1. The molecule has 0 saturated carbocycles. The number of carbonyl (C=O) groups excluding carboxylic acids is 1. The third-order valence-electron chi connectivity index (χ3n) is 3.39. The summed E-state index contributed by atoms with van der Waals surface area (Å²) in [6, 6.07) is 19.0. The molecule has 3 aromatic carbocycles. The van der Waals surface area contributed by atoms with E-state index < -0.39 is 11.6 Å². The van der Waals surface area contributed by atoms with E-state index in [0.717, 1.165) is 6.07 Å². The number of halogens is 2. The zero-order chi connectivity index (χ0) is 16.2. The Morgan fingerprint density at radius 2 is 1.43 bits per heavy atom. The van der Waals surface area contributed by atoms with Crippen LogP contribution in [0.15, 0.2) is 72.8 Å². The molecular weight excluding hydrogens is 296 g/mol. The summed E-state index contributed by atoms with van der Waals surface area (Å²) in [7, 11) is 0. The van der Waals surface area contributed by atoms with Crippen LogP contribution in [0.4, 0.5) is 20.2 Å². The van der Waals surface area contributed by atoms with Gasteiger partial charge in [-0.05, 0) is 36.4 Å². The van der Waals surface area contributed by atoms with Crippen molar-refractivity contribution in [3.63, 3.8) is 0 Å². The molecule has 0 spiro atoms. The summed E-state index contributed by atoms with van der Waals surface area (Å²) in [5.74, 6) is -1.38. The lowest BCUT2D eigenvalue weighted by molar-refractivity contribution is 0.103. The fourth-order valence-corrected chi connectivity index (χ4v) is 2.21. The van der Waals surface area contributed by atoms with Gasteiger partial charge in [-0.25, -0.2) is 8.78 Å². The Morgan fingerprint density at radius 3 is 2.09 bits per heavy atom. The van der Waals surface area contributed by atoms with E-state index in [1.165, 1.54) is 12.1 Å². The van der Waals surface area contributed by atoms with Gasteiger partial charge in [-0.1, -0.05) is 30.3 Å². The molecule has 1 N–H and O–H groups in total. The highest BCUT2D eigenvalue weighted by Crippen LogP contribution is 2.21. The number of nitrogens with one attached hydrogen (secondary N) is 1. The lowest BCUT2D eigenvalue weighted by Gasteiger charge is -2.08. The van der Waals surface area contributed by atoms with Crippen LogP contribution in [0.1, 0.15) is 15.9 Å². The molecular formula is C19H13F2NO. The van der Waals surface area contributed by atoms with Crippen molar-refractivity contribution in [2.45, 2.75) is 0 Å². The van der Waals surface area contributed by atoms with Crippen molar-refractivity contribution < 1.29 is 13.6 Å². The molecule has 4 heteroatoms. The van der Waals surface area contributed by atoms with Gasteiger partial charge in [0.2, 0.25) is 0 Å². The van der Waals surface area contributed by atoms with E-state index in [9.17, 15) is 13.6 Å². The van der Waals surface area contributed by atoms with Gasteiger partial charge in [0.05, 0.1) is 5.69 Å². The standard InChI is InChI=1S/C19H13F2NO/c20-15-8-11-18(17(21)12-15)22-16-9-6-14(7-10-16)19(23)13-4-2-1-3-5-13/h1-12,22H. The van der Waals surface area contributed by atoms with Crippen molar-refractivity contribution in [1.82, 2.24) is 0 Å². The van der Waals surface area contributed by atoms with E-state index in [0.29, 0.717) is 16.8 Å². The molecule has 0 radical (unpaired) electrons. The van der Waals surface area contributed by atoms with Gasteiger partial charge in [0.15, 0.2) is 5.78 Å². The van der Waals surface area contributed by atoms with Gasteiger partial charge in [0.1, 0.15) is 11.6 Å². The lowest BCUT2D eigenvalue weighted by atomic mass is 10.0. The molecule has 114 valence electrons. The first-order chi connectivity index (χ1) is 11.1. The predicted molar refractivity (Wildman–Crippen MR) is 86.0 cm³/mol. The monoisotopic (exact) mass is 309 g/mol. The molecule has 3 aromatic rings. The quantitative estimate of drug-likeness (QED) is 0.692. The Morgan fingerprint density at radius 1 is 0.783 bits per heavy atom. The zero-order valence-corrected chi connectivity index (χ0v) is 12.1. The third-order valence-corrected chi connectivity index (χ3v) is 3.39. The number of rotatable bonds is 4. The maximum absolute atomic E-state index is 13.6. The van der Waals surface area contributed by atoms with Crippen molar-refractivity contribution in [1.29, 1.82) is 0 Å². The highest BCUT2D eigenvalue weighted by molar-refractivity contribution is 6.09. The van der Waals surface area contributed by atoms with Crippen LogP contribution in [0.5, 0.6) is 0 Å². The van der Waals surface area contributed by atoms with Crippen LogP contribution in [0.25, 0.3) is 0 Å². The number of benzene rings is 3. The second-order valence-electron chi connectivity index (χ2n) is 5.02. The normalized spacial score (nSPS) is 10.3. The number of carbonyl (C=O) groups is 1. The molecule has 0 fully saturated rings.